The Hall–Kier alpha value is 0.790. The van der Waals surface area contributed by atoms with Crippen LogP contribution in [-0.2, 0) is 20.3 Å². The highest BCUT2D eigenvalue weighted by atomic mass is 127. The van der Waals surface area contributed by atoms with Gasteiger partial charge in [0.2, 0.25) is 0 Å². The van der Waals surface area contributed by atoms with Crippen LogP contribution in [-0.4, -0.2) is 47.2 Å². The molecule has 4 atom stereocenters. The second-order valence-corrected chi connectivity index (χ2v) is 11.5. The van der Waals surface area contributed by atoms with Crippen molar-refractivity contribution < 1.29 is 13.7 Å². The minimum Gasteiger partial charge on any atom is -0.468 e. The van der Waals surface area contributed by atoms with E-state index >= 15 is 0 Å². The minimum absolute atomic E-state index is 0.104. The van der Waals surface area contributed by atoms with Crippen LogP contribution in [0.25, 0.3) is 0 Å². The molecule has 0 bridgehead atoms. The van der Waals surface area contributed by atoms with Crippen molar-refractivity contribution in [1.82, 2.24) is 4.90 Å². The van der Waals surface area contributed by atoms with E-state index in [2.05, 4.69) is 38.5 Å². The third-order valence-corrected chi connectivity index (χ3v) is 7.87. The average Bonchev–Trinajstić information content (AvgIpc) is 2.31. The molecular weight excluding hydrogens is 409 g/mol. The Morgan fingerprint density at radius 2 is 2.19 bits per heavy atom. The van der Waals surface area contributed by atoms with Gasteiger partial charge in [-0.25, -0.2) is 0 Å². The van der Waals surface area contributed by atoms with Gasteiger partial charge in [-0.1, -0.05) is 38.5 Å². The number of hydrogen-bond donors (Lipinski definition) is 0. The van der Waals surface area contributed by atoms with Crippen LogP contribution >= 0.6 is 38.5 Å². The number of halogens is 2. The van der Waals surface area contributed by atoms with E-state index in [-0.39, 0.29) is 13.7 Å². The first-order valence-electron chi connectivity index (χ1n) is 4.85. The van der Waals surface area contributed by atoms with Crippen LogP contribution in [0, 0.1) is 0 Å². The molecule has 2 fully saturated rings. The summed E-state index contributed by atoms with van der Waals surface area (Å²) in [5, 5.41) is -0.104. The van der Waals surface area contributed by atoms with E-state index in [4.69, 9.17) is 4.74 Å². The lowest BCUT2D eigenvalue weighted by Gasteiger charge is -2.47. The van der Waals surface area contributed by atoms with Gasteiger partial charge in [0.25, 0.3) is 0 Å². The molecule has 0 aliphatic carbocycles. The van der Waals surface area contributed by atoms with Crippen LogP contribution in [0.2, 0.25) is 0 Å². The summed E-state index contributed by atoms with van der Waals surface area (Å²) in [6.45, 7) is 4.44. The van der Waals surface area contributed by atoms with Gasteiger partial charge in [-0.05, 0) is 13.8 Å². The number of alkyl halides is 2. The lowest BCUT2D eigenvalue weighted by atomic mass is 9.99. The van der Waals surface area contributed by atoms with Crippen molar-refractivity contribution in [2.45, 2.75) is 32.3 Å². The number of ether oxygens (including phenoxy) is 1. The van der Waals surface area contributed by atoms with Crippen LogP contribution < -0.4 is 0 Å². The van der Waals surface area contributed by atoms with E-state index in [1.807, 2.05) is 18.7 Å². The Balaban J connectivity index is 2.36. The molecule has 4 nitrogen and oxygen atoms in total. The van der Waals surface area contributed by atoms with Crippen molar-refractivity contribution in [3.8, 4) is 0 Å². The third kappa shape index (κ3) is 1.61. The number of rotatable bonds is 1. The van der Waals surface area contributed by atoms with Gasteiger partial charge < -0.3 is 4.74 Å². The molecule has 16 heavy (non-hydrogen) atoms. The fourth-order valence-corrected chi connectivity index (χ4v) is 6.73. The van der Waals surface area contributed by atoms with Gasteiger partial charge in [-0.15, -0.1) is 0 Å². The molecule has 2 rings (SSSR count). The van der Waals surface area contributed by atoms with Crippen molar-refractivity contribution in [3.05, 3.63) is 0 Å². The second kappa shape index (κ2) is 3.89. The van der Waals surface area contributed by atoms with Gasteiger partial charge in [-0.3, -0.25) is 13.9 Å². The first-order chi connectivity index (χ1) is 7.23. The predicted molar refractivity (Wildman–Crippen MR) is 74.2 cm³/mol. The van der Waals surface area contributed by atoms with Crippen molar-refractivity contribution in [2.24, 2.45) is 0 Å². The van der Waals surface area contributed by atoms with Crippen molar-refractivity contribution in [1.29, 1.82) is 0 Å². The summed E-state index contributed by atoms with van der Waals surface area (Å²) < 4.78 is 16.4. The number of carbonyl (C=O) groups excluding carboxylic acids is 1. The number of fused-ring (bicyclic) bond motifs is 1. The predicted octanol–water partition coefficient (Wildman–Crippen LogP) is 1.24. The summed E-state index contributed by atoms with van der Waals surface area (Å²) in [6, 6.07) is -0.399. The summed E-state index contributed by atoms with van der Waals surface area (Å²) in [6.07, 6.45) is 0. The Bertz CT molecular complexity index is 374. The second-order valence-electron chi connectivity index (χ2n) is 4.61. The Morgan fingerprint density at radius 1 is 1.62 bits per heavy atom. The van der Waals surface area contributed by atoms with Crippen LogP contribution in [0.3, 0.4) is 0 Å². The van der Waals surface area contributed by atoms with Gasteiger partial charge >= 0.3 is 5.97 Å². The molecule has 1 unspecified atom stereocenters. The summed E-state index contributed by atoms with van der Waals surface area (Å²) in [7, 11) is 0.303. The summed E-state index contributed by atoms with van der Waals surface area (Å²) in [5.74, 6) is -0.291. The van der Waals surface area contributed by atoms with Gasteiger partial charge in [0.05, 0.1) is 11.9 Å². The third-order valence-electron chi connectivity index (χ3n) is 3.19. The highest BCUT2D eigenvalue weighted by Crippen LogP contribution is 2.54. The number of methoxy groups -OCH3 is 1. The molecular formula is C9H13BrINO3S. The largest absolute Gasteiger partial charge is 0.468 e. The first-order valence-corrected chi connectivity index (χ1v) is 7.94. The monoisotopic (exact) mass is 421 g/mol. The van der Waals surface area contributed by atoms with Gasteiger partial charge in [0, 0.05) is 17.3 Å². The fraction of sp³-hybridized carbons (Fsp3) is 0.889. The fourth-order valence-electron chi connectivity index (χ4n) is 2.37. The molecule has 0 aromatic carbocycles. The highest BCUT2D eigenvalue weighted by molar-refractivity contribution is 14.1. The van der Waals surface area contributed by atoms with Gasteiger partial charge in [0.15, 0.2) is 0 Å². The molecule has 0 N–H and O–H groups in total. The van der Waals surface area contributed by atoms with E-state index in [9.17, 15) is 9.00 Å². The molecule has 2 aliphatic heterocycles. The molecule has 0 radical (unpaired) electrons. The van der Waals surface area contributed by atoms with Crippen LogP contribution in [0.15, 0.2) is 0 Å². The van der Waals surface area contributed by atoms with Gasteiger partial charge in [-0.2, -0.15) is 0 Å². The smallest absolute Gasteiger partial charge is 0.324 e. The molecule has 0 aromatic rings. The van der Waals surface area contributed by atoms with Crippen LogP contribution in [0.4, 0.5) is 0 Å². The van der Waals surface area contributed by atoms with Crippen molar-refractivity contribution in [2.75, 3.05) is 13.7 Å². The van der Waals surface area contributed by atoms with Crippen LogP contribution in [0.5, 0.6) is 0 Å². The summed E-state index contributed by atoms with van der Waals surface area (Å²) in [4.78, 5) is 13.7. The summed E-state index contributed by atoms with van der Waals surface area (Å²) in [5.41, 5.74) is 0. The normalized spacial score (nSPS) is 45.9. The number of nitrogens with zero attached hydrogens (tertiary/aromatic N) is 1. The van der Waals surface area contributed by atoms with Crippen LogP contribution in [0.1, 0.15) is 13.8 Å². The lowest BCUT2D eigenvalue weighted by Crippen LogP contribution is -2.64. The topological polar surface area (TPSA) is 46.6 Å². The zero-order chi connectivity index (χ0) is 12.3. The maximum Gasteiger partial charge on any atom is 0.324 e. The van der Waals surface area contributed by atoms with E-state index in [0.29, 0.717) is 6.54 Å². The molecule has 2 aliphatic rings. The standard InChI is InChI=1S/C9H13BrINO3S/c1-8(2)5(6(13)15-3)12-4-9(10,11)7(12)16(8)14/h5,7H,4H2,1-3H3/t5-,7+,9+,16?/m0/s1. The molecule has 2 saturated heterocycles. The number of hydrogen-bond acceptors (Lipinski definition) is 4. The molecule has 0 spiro atoms. The Kier molecular flexibility index (Phi) is 3.22. The summed E-state index contributed by atoms with van der Waals surface area (Å²) >= 11 is 5.81. The zero-order valence-electron chi connectivity index (χ0n) is 9.20. The lowest BCUT2D eigenvalue weighted by molar-refractivity contribution is -0.149. The minimum atomic E-state index is -1.07. The van der Waals surface area contributed by atoms with Crippen molar-refractivity contribution in [3.63, 3.8) is 0 Å². The van der Waals surface area contributed by atoms with Gasteiger partial charge in [0.1, 0.15) is 13.7 Å². The highest BCUT2D eigenvalue weighted by Gasteiger charge is 2.68. The van der Waals surface area contributed by atoms with E-state index < -0.39 is 21.6 Å². The molecule has 2 heterocycles. The molecule has 0 saturated carbocycles. The quantitative estimate of drug-likeness (QED) is 0.363. The number of esters is 1. The SMILES string of the molecule is COC(=O)[C@@H]1N2C[C@@](Br)(I)[C@H]2S(=O)C1(C)C. The zero-order valence-corrected chi connectivity index (χ0v) is 13.8. The van der Waals surface area contributed by atoms with E-state index in [0.717, 1.165) is 0 Å². The molecule has 0 amide bonds. The van der Waals surface area contributed by atoms with Crippen molar-refractivity contribution >= 4 is 55.3 Å². The Labute approximate surface area is 119 Å². The molecule has 7 heteroatoms. The van der Waals surface area contributed by atoms with E-state index in [1.54, 1.807) is 0 Å². The molecule has 0 aromatic heterocycles. The van der Waals surface area contributed by atoms with E-state index in [1.165, 1.54) is 7.11 Å². The Morgan fingerprint density at radius 3 is 2.56 bits per heavy atom. The molecule has 92 valence electrons. The maximum absolute atomic E-state index is 12.4. The average molecular weight is 422 g/mol. The number of carbonyl (C=O) groups is 1. The maximum atomic E-state index is 12.4. The first kappa shape index (κ1) is 13.2.